The molecule has 0 heterocycles. The number of methoxy groups -OCH3 is 1. The molecule has 0 radical (unpaired) electrons. The summed E-state index contributed by atoms with van der Waals surface area (Å²) in [4.78, 5) is 0.164. The van der Waals surface area contributed by atoms with Gasteiger partial charge in [-0.2, -0.15) is 5.10 Å². The van der Waals surface area contributed by atoms with E-state index < -0.39 is 10.0 Å². The van der Waals surface area contributed by atoms with Crippen LogP contribution >= 0.6 is 0 Å². The Balaban J connectivity index is 2.22. The van der Waals surface area contributed by atoms with E-state index in [1.807, 2.05) is 0 Å². The first-order valence-electron chi connectivity index (χ1n) is 6.48. The van der Waals surface area contributed by atoms with Gasteiger partial charge < -0.3 is 10.6 Å². The van der Waals surface area contributed by atoms with E-state index in [-0.39, 0.29) is 4.90 Å². The molecule has 0 bridgehead atoms. The Kier molecular flexibility index (Phi) is 4.67. The van der Waals surface area contributed by atoms with E-state index in [1.165, 1.54) is 12.1 Å². The molecule has 2 rings (SSSR count). The van der Waals surface area contributed by atoms with E-state index in [0.717, 1.165) is 5.56 Å². The number of nitrogens with one attached hydrogen (secondary N) is 1. The molecule has 0 unspecified atom stereocenters. The Morgan fingerprint density at radius 1 is 1.09 bits per heavy atom. The van der Waals surface area contributed by atoms with Gasteiger partial charge in [-0.05, 0) is 48.9 Å². The van der Waals surface area contributed by atoms with Crippen LogP contribution in [0.5, 0.6) is 5.75 Å². The molecule has 0 spiro atoms. The van der Waals surface area contributed by atoms with E-state index >= 15 is 0 Å². The topological polar surface area (TPSA) is 93.8 Å². The third-order valence-corrected chi connectivity index (χ3v) is 4.52. The average molecular weight is 319 g/mol. The van der Waals surface area contributed by atoms with Crippen molar-refractivity contribution in [1.29, 1.82) is 0 Å². The highest BCUT2D eigenvalue weighted by atomic mass is 32.2. The molecule has 0 fully saturated rings. The number of ether oxygens (including phenoxy) is 1. The van der Waals surface area contributed by atoms with Crippen molar-refractivity contribution in [3.8, 4) is 5.75 Å². The molecule has 0 amide bonds. The van der Waals surface area contributed by atoms with Gasteiger partial charge in [-0.15, -0.1) is 0 Å². The van der Waals surface area contributed by atoms with Crippen molar-refractivity contribution in [2.75, 3.05) is 11.8 Å². The van der Waals surface area contributed by atoms with Crippen LogP contribution in [0, 0.1) is 0 Å². The molecule has 0 atom stereocenters. The lowest BCUT2D eigenvalue weighted by Crippen LogP contribution is -2.13. The van der Waals surface area contributed by atoms with Crippen LogP contribution < -0.4 is 15.3 Å². The van der Waals surface area contributed by atoms with Crippen LogP contribution in [0.25, 0.3) is 0 Å². The van der Waals surface area contributed by atoms with Crippen molar-refractivity contribution in [1.82, 2.24) is 0 Å². The van der Waals surface area contributed by atoms with E-state index in [4.69, 9.17) is 10.6 Å². The average Bonchev–Trinajstić information content (AvgIpc) is 2.54. The van der Waals surface area contributed by atoms with Gasteiger partial charge in [-0.1, -0.05) is 12.1 Å². The van der Waals surface area contributed by atoms with Crippen molar-refractivity contribution in [3.05, 3.63) is 54.1 Å². The monoisotopic (exact) mass is 319 g/mol. The predicted octanol–water partition coefficient (Wildman–Crippen LogP) is 2.18. The van der Waals surface area contributed by atoms with Gasteiger partial charge >= 0.3 is 0 Å². The zero-order valence-electron chi connectivity index (χ0n) is 12.3. The van der Waals surface area contributed by atoms with Crippen LogP contribution in [0.15, 0.2) is 58.5 Å². The Morgan fingerprint density at radius 2 is 1.68 bits per heavy atom. The minimum absolute atomic E-state index is 0.164. The van der Waals surface area contributed by atoms with Crippen LogP contribution in [0.3, 0.4) is 0 Å². The number of nitrogens with zero attached hydrogens (tertiary/aromatic N) is 1. The van der Waals surface area contributed by atoms with Gasteiger partial charge in [-0.25, -0.2) is 8.42 Å². The molecule has 0 saturated carbocycles. The SMILES string of the molecule is COc1ccc(NS(=O)(=O)c2ccc(/C(C)=N\N)cc2)cc1. The summed E-state index contributed by atoms with van der Waals surface area (Å²) < 4.78 is 32.2. The summed E-state index contributed by atoms with van der Waals surface area (Å²) in [5, 5.41) is 3.57. The number of rotatable bonds is 5. The number of benzene rings is 2. The van der Waals surface area contributed by atoms with E-state index in [0.29, 0.717) is 17.1 Å². The molecule has 0 aliphatic carbocycles. The Bertz CT molecular complexity index is 767. The number of hydrogen-bond acceptors (Lipinski definition) is 5. The summed E-state index contributed by atoms with van der Waals surface area (Å²) in [7, 11) is -2.10. The first kappa shape index (κ1) is 15.8. The van der Waals surface area contributed by atoms with Crippen LogP contribution in [-0.2, 0) is 10.0 Å². The van der Waals surface area contributed by atoms with Gasteiger partial charge in [0.05, 0.1) is 17.7 Å². The summed E-state index contributed by atoms with van der Waals surface area (Å²) in [6.45, 7) is 1.75. The lowest BCUT2D eigenvalue weighted by Gasteiger charge is -2.09. The number of sulfonamides is 1. The Labute approximate surface area is 129 Å². The first-order valence-corrected chi connectivity index (χ1v) is 7.96. The fraction of sp³-hybridized carbons (Fsp3) is 0.133. The van der Waals surface area contributed by atoms with Crippen molar-refractivity contribution >= 4 is 21.4 Å². The van der Waals surface area contributed by atoms with Crippen LogP contribution in [0.1, 0.15) is 12.5 Å². The second kappa shape index (κ2) is 6.48. The summed E-state index contributed by atoms with van der Waals surface area (Å²) >= 11 is 0. The summed E-state index contributed by atoms with van der Waals surface area (Å²) in [5.41, 5.74) is 1.86. The lowest BCUT2D eigenvalue weighted by atomic mass is 10.1. The normalized spacial score (nSPS) is 12.0. The zero-order chi connectivity index (χ0) is 16.2. The number of hydrogen-bond donors (Lipinski definition) is 2. The second-order valence-corrected chi connectivity index (χ2v) is 6.26. The smallest absolute Gasteiger partial charge is 0.261 e. The maximum atomic E-state index is 12.3. The third kappa shape index (κ3) is 3.56. The molecule has 2 aromatic carbocycles. The highest BCUT2D eigenvalue weighted by Gasteiger charge is 2.14. The summed E-state index contributed by atoms with van der Waals surface area (Å²) in [5.74, 6) is 5.86. The lowest BCUT2D eigenvalue weighted by molar-refractivity contribution is 0.415. The molecule has 116 valence electrons. The highest BCUT2D eigenvalue weighted by Crippen LogP contribution is 2.19. The summed E-state index contributed by atoms with van der Waals surface area (Å²) in [6.07, 6.45) is 0. The maximum Gasteiger partial charge on any atom is 0.261 e. The molecule has 6 nitrogen and oxygen atoms in total. The van der Waals surface area contributed by atoms with Crippen molar-refractivity contribution in [2.45, 2.75) is 11.8 Å². The quantitative estimate of drug-likeness (QED) is 0.502. The van der Waals surface area contributed by atoms with Crippen molar-refractivity contribution < 1.29 is 13.2 Å². The minimum Gasteiger partial charge on any atom is -0.497 e. The predicted molar refractivity (Wildman–Crippen MR) is 86.6 cm³/mol. The van der Waals surface area contributed by atoms with Crippen LogP contribution in [0.4, 0.5) is 5.69 Å². The van der Waals surface area contributed by atoms with E-state index in [2.05, 4.69) is 9.82 Å². The molecule has 0 aliphatic heterocycles. The Hall–Kier alpha value is -2.54. The molecule has 22 heavy (non-hydrogen) atoms. The molecule has 0 aromatic heterocycles. The van der Waals surface area contributed by atoms with Gasteiger partial charge in [0.15, 0.2) is 0 Å². The van der Waals surface area contributed by atoms with Crippen molar-refractivity contribution in [2.24, 2.45) is 10.9 Å². The number of hydrazone groups is 1. The molecule has 0 saturated heterocycles. The maximum absolute atomic E-state index is 12.3. The molecule has 2 aromatic rings. The van der Waals surface area contributed by atoms with Gasteiger partial charge in [0.25, 0.3) is 10.0 Å². The molecule has 0 aliphatic rings. The van der Waals surface area contributed by atoms with Crippen LogP contribution in [-0.4, -0.2) is 21.2 Å². The van der Waals surface area contributed by atoms with Gasteiger partial charge in [-0.3, -0.25) is 4.72 Å². The third-order valence-electron chi connectivity index (χ3n) is 3.12. The minimum atomic E-state index is -3.64. The van der Waals surface area contributed by atoms with Gasteiger partial charge in [0.1, 0.15) is 5.75 Å². The van der Waals surface area contributed by atoms with Crippen molar-refractivity contribution in [3.63, 3.8) is 0 Å². The molecular formula is C15H17N3O3S. The standard InChI is InChI=1S/C15H17N3O3S/c1-11(17-16)12-3-9-15(10-4-12)22(19,20)18-13-5-7-14(21-2)8-6-13/h3-10,18H,16H2,1-2H3/b17-11-. The molecule has 7 heteroatoms. The van der Waals surface area contributed by atoms with Gasteiger partial charge in [0, 0.05) is 5.69 Å². The largest absolute Gasteiger partial charge is 0.497 e. The van der Waals surface area contributed by atoms with Crippen LogP contribution in [0.2, 0.25) is 0 Å². The fourth-order valence-corrected chi connectivity index (χ4v) is 2.88. The van der Waals surface area contributed by atoms with Gasteiger partial charge in [0.2, 0.25) is 0 Å². The van der Waals surface area contributed by atoms with E-state index in [9.17, 15) is 8.42 Å². The number of nitrogens with two attached hydrogens (primary N) is 1. The molecular weight excluding hydrogens is 302 g/mol. The number of anilines is 1. The molecule has 3 N–H and O–H groups in total. The fourth-order valence-electron chi connectivity index (χ4n) is 1.82. The second-order valence-electron chi connectivity index (χ2n) is 4.57. The highest BCUT2D eigenvalue weighted by molar-refractivity contribution is 7.92. The Morgan fingerprint density at radius 3 is 2.18 bits per heavy atom. The summed E-state index contributed by atoms with van der Waals surface area (Å²) in [6, 6.07) is 13.0. The van der Waals surface area contributed by atoms with E-state index in [1.54, 1.807) is 50.4 Å². The first-order chi connectivity index (χ1) is 10.5. The zero-order valence-corrected chi connectivity index (χ0v) is 13.1.